The molecule has 0 aliphatic rings. The zero-order chi connectivity index (χ0) is 18.2. The molecule has 6 heteroatoms. The van der Waals surface area contributed by atoms with Crippen molar-refractivity contribution in [3.05, 3.63) is 58.6 Å². The summed E-state index contributed by atoms with van der Waals surface area (Å²) in [7, 11) is 0. The first kappa shape index (κ1) is 18.8. The highest BCUT2D eigenvalue weighted by atomic mass is 35.5. The van der Waals surface area contributed by atoms with Crippen molar-refractivity contribution in [2.45, 2.75) is 20.3 Å². The number of halogens is 1. The van der Waals surface area contributed by atoms with E-state index in [1.54, 1.807) is 24.3 Å². The van der Waals surface area contributed by atoms with E-state index in [1.807, 2.05) is 32.0 Å². The molecule has 2 aromatic rings. The summed E-state index contributed by atoms with van der Waals surface area (Å²) < 4.78 is 10.5. The standard InChI is InChI=1S/C19H20ClNO4/c1-13-6-7-14(2)17(10-13)24-9-8-19(23)25-12-18(22)21-16-5-3-4-15(20)11-16/h3-7,10-11H,8-9,12H2,1-2H3,(H,21,22). The lowest BCUT2D eigenvalue weighted by Gasteiger charge is -2.10. The molecule has 1 amide bonds. The lowest BCUT2D eigenvalue weighted by Crippen LogP contribution is -2.21. The van der Waals surface area contributed by atoms with Gasteiger partial charge in [0, 0.05) is 10.7 Å². The Morgan fingerprint density at radius 2 is 1.92 bits per heavy atom. The van der Waals surface area contributed by atoms with Crippen LogP contribution in [0.2, 0.25) is 5.02 Å². The van der Waals surface area contributed by atoms with Crippen molar-refractivity contribution in [3.63, 3.8) is 0 Å². The molecular formula is C19H20ClNO4. The number of esters is 1. The van der Waals surface area contributed by atoms with Crippen LogP contribution in [0.3, 0.4) is 0 Å². The van der Waals surface area contributed by atoms with Crippen LogP contribution in [0.5, 0.6) is 5.75 Å². The minimum absolute atomic E-state index is 0.0673. The smallest absolute Gasteiger partial charge is 0.309 e. The van der Waals surface area contributed by atoms with Gasteiger partial charge in [-0.1, -0.05) is 29.8 Å². The summed E-state index contributed by atoms with van der Waals surface area (Å²) in [5, 5.41) is 3.11. The van der Waals surface area contributed by atoms with Crippen molar-refractivity contribution >= 4 is 29.2 Å². The van der Waals surface area contributed by atoms with Crippen LogP contribution >= 0.6 is 11.6 Å². The van der Waals surface area contributed by atoms with E-state index in [2.05, 4.69) is 5.32 Å². The van der Waals surface area contributed by atoms with Gasteiger partial charge in [0.1, 0.15) is 5.75 Å². The number of anilines is 1. The average Bonchev–Trinajstić information content (AvgIpc) is 2.56. The van der Waals surface area contributed by atoms with E-state index in [-0.39, 0.29) is 19.6 Å². The Morgan fingerprint density at radius 3 is 2.68 bits per heavy atom. The fourth-order valence-electron chi connectivity index (χ4n) is 2.09. The Morgan fingerprint density at radius 1 is 1.12 bits per heavy atom. The van der Waals surface area contributed by atoms with Crippen LogP contribution in [0.1, 0.15) is 17.5 Å². The van der Waals surface area contributed by atoms with Gasteiger partial charge in [-0.15, -0.1) is 0 Å². The normalized spacial score (nSPS) is 10.2. The number of amides is 1. The molecule has 2 rings (SSSR count). The Labute approximate surface area is 151 Å². The number of benzene rings is 2. The summed E-state index contributed by atoms with van der Waals surface area (Å²) in [6, 6.07) is 12.6. The summed E-state index contributed by atoms with van der Waals surface area (Å²) in [4.78, 5) is 23.4. The second-order valence-corrected chi connectivity index (χ2v) is 6.02. The molecule has 0 saturated heterocycles. The number of carbonyl (C=O) groups is 2. The van der Waals surface area contributed by atoms with Gasteiger partial charge in [-0.25, -0.2) is 0 Å². The van der Waals surface area contributed by atoms with Gasteiger partial charge in [-0.3, -0.25) is 9.59 Å². The lowest BCUT2D eigenvalue weighted by molar-refractivity contribution is -0.147. The predicted molar refractivity (Wildman–Crippen MR) is 97.1 cm³/mol. The summed E-state index contributed by atoms with van der Waals surface area (Å²) in [6.45, 7) is 3.75. The van der Waals surface area contributed by atoms with Gasteiger partial charge in [0.05, 0.1) is 13.0 Å². The molecule has 5 nitrogen and oxygen atoms in total. The minimum atomic E-state index is -0.494. The number of aryl methyl sites for hydroxylation is 2. The van der Waals surface area contributed by atoms with Gasteiger partial charge in [0.15, 0.2) is 6.61 Å². The van der Waals surface area contributed by atoms with Gasteiger partial charge in [0.25, 0.3) is 5.91 Å². The second kappa shape index (κ2) is 9.08. The third-order valence-corrected chi connectivity index (χ3v) is 3.62. The molecule has 25 heavy (non-hydrogen) atoms. The molecule has 1 N–H and O–H groups in total. The first-order valence-electron chi connectivity index (χ1n) is 7.85. The van der Waals surface area contributed by atoms with Crippen molar-refractivity contribution in [2.75, 3.05) is 18.5 Å². The van der Waals surface area contributed by atoms with Gasteiger partial charge in [0.2, 0.25) is 0 Å². The lowest BCUT2D eigenvalue weighted by atomic mass is 10.1. The van der Waals surface area contributed by atoms with E-state index in [9.17, 15) is 9.59 Å². The van der Waals surface area contributed by atoms with Crippen LogP contribution in [0.4, 0.5) is 5.69 Å². The van der Waals surface area contributed by atoms with Gasteiger partial charge >= 0.3 is 5.97 Å². The van der Waals surface area contributed by atoms with E-state index >= 15 is 0 Å². The first-order chi connectivity index (χ1) is 11.9. The predicted octanol–water partition coefficient (Wildman–Crippen LogP) is 3.91. The third kappa shape index (κ3) is 6.47. The maximum absolute atomic E-state index is 11.7. The average molecular weight is 362 g/mol. The minimum Gasteiger partial charge on any atom is -0.493 e. The Hall–Kier alpha value is -2.53. The molecule has 0 atom stereocenters. The van der Waals surface area contributed by atoms with Gasteiger partial charge < -0.3 is 14.8 Å². The summed E-state index contributed by atoms with van der Waals surface area (Å²) >= 11 is 5.83. The Kier molecular flexibility index (Phi) is 6.83. The van der Waals surface area contributed by atoms with E-state index in [0.29, 0.717) is 10.7 Å². The molecule has 0 aromatic heterocycles. The molecule has 0 fully saturated rings. The van der Waals surface area contributed by atoms with Crippen molar-refractivity contribution in [1.29, 1.82) is 0 Å². The number of hydrogen-bond acceptors (Lipinski definition) is 4. The number of ether oxygens (including phenoxy) is 2. The highest BCUT2D eigenvalue weighted by Crippen LogP contribution is 2.19. The zero-order valence-electron chi connectivity index (χ0n) is 14.2. The summed E-state index contributed by atoms with van der Waals surface area (Å²) in [6.07, 6.45) is 0.0673. The molecule has 0 saturated carbocycles. The molecule has 0 aliphatic carbocycles. The van der Waals surface area contributed by atoms with Gasteiger partial charge in [-0.2, -0.15) is 0 Å². The Bertz CT molecular complexity index is 761. The Balaban J connectivity index is 1.70. The number of hydrogen-bond donors (Lipinski definition) is 1. The van der Waals surface area contributed by atoms with Crippen LogP contribution in [0.15, 0.2) is 42.5 Å². The molecule has 0 heterocycles. The first-order valence-corrected chi connectivity index (χ1v) is 8.23. The van der Waals surface area contributed by atoms with Crippen molar-refractivity contribution < 1.29 is 19.1 Å². The highest BCUT2D eigenvalue weighted by molar-refractivity contribution is 6.30. The van der Waals surface area contributed by atoms with Crippen LogP contribution in [0, 0.1) is 13.8 Å². The SMILES string of the molecule is Cc1ccc(C)c(OCCC(=O)OCC(=O)Nc2cccc(Cl)c2)c1. The monoisotopic (exact) mass is 361 g/mol. The highest BCUT2D eigenvalue weighted by Gasteiger charge is 2.09. The maximum Gasteiger partial charge on any atom is 0.309 e. The zero-order valence-corrected chi connectivity index (χ0v) is 14.9. The molecule has 0 radical (unpaired) electrons. The topological polar surface area (TPSA) is 64.6 Å². The fourth-order valence-corrected chi connectivity index (χ4v) is 2.28. The van der Waals surface area contributed by atoms with Gasteiger partial charge in [-0.05, 0) is 49.2 Å². The van der Waals surface area contributed by atoms with E-state index in [4.69, 9.17) is 21.1 Å². The second-order valence-electron chi connectivity index (χ2n) is 5.59. The largest absolute Gasteiger partial charge is 0.493 e. The summed E-state index contributed by atoms with van der Waals surface area (Å²) in [5.41, 5.74) is 2.63. The molecule has 0 unspecified atom stereocenters. The van der Waals surface area contributed by atoms with Crippen LogP contribution in [-0.4, -0.2) is 25.1 Å². The molecule has 0 bridgehead atoms. The summed E-state index contributed by atoms with van der Waals surface area (Å²) in [5.74, 6) is -0.177. The molecular weight excluding hydrogens is 342 g/mol. The van der Waals surface area contributed by atoms with Crippen molar-refractivity contribution in [2.24, 2.45) is 0 Å². The van der Waals surface area contributed by atoms with Crippen LogP contribution in [0.25, 0.3) is 0 Å². The maximum atomic E-state index is 11.7. The molecule has 2 aromatic carbocycles. The molecule has 0 spiro atoms. The third-order valence-electron chi connectivity index (χ3n) is 3.38. The van der Waals surface area contributed by atoms with Crippen molar-refractivity contribution in [3.8, 4) is 5.75 Å². The number of rotatable bonds is 7. The molecule has 0 aliphatic heterocycles. The molecule has 132 valence electrons. The van der Waals surface area contributed by atoms with E-state index < -0.39 is 11.9 Å². The quantitative estimate of drug-likeness (QED) is 0.759. The van der Waals surface area contributed by atoms with E-state index in [1.165, 1.54) is 0 Å². The number of carbonyl (C=O) groups excluding carboxylic acids is 2. The van der Waals surface area contributed by atoms with Crippen molar-refractivity contribution in [1.82, 2.24) is 0 Å². The number of nitrogens with one attached hydrogen (secondary N) is 1. The van der Waals surface area contributed by atoms with E-state index in [0.717, 1.165) is 16.9 Å². The van der Waals surface area contributed by atoms with Crippen LogP contribution < -0.4 is 10.1 Å². The van der Waals surface area contributed by atoms with Crippen LogP contribution in [-0.2, 0) is 14.3 Å². The fraction of sp³-hybridized carbons (Fsp3) is 0.263.